The van der Waals surface area contributed by atoms with Gasteiger partial charge in [-0.05, 0) is 25.1 Å². The van der Waals surface area contributed by atoms with Crippen LogP contribution >= 0.6 is 0 Å². The van der Waals surface area contributed by atoms with Crippen LogP contribution in [0.1, 0.15) is 11.3 Å². The number of rotatable bonds is 7. The molecule has 0 fully saturated rings. The van der Waals surface area contributed by atoms with E-state index in [1.807, 2.05) is 0 Å². The first-order chi connectivity index (χ1) is 12.0. The van der Waals surface area contributed by atoms with Crippen molar-refractivity contribution in [3.05, 3.63) is 47.3 Å². The second kappa shape index (κ2) is 8.78. The monoisotopic (exact) mass is 349 g/mol. The van der Waals surface area contributed by atoms with Gasteiger partial charge in [-0.1, -0.05) is 0 Å². The van der Waals surface area contributed by atoms with Crippen LogP contribution in [0.15, 0.2) is 34.5 Å². The highest BCUT2D eigenvalue weighted by Gasteiger charge is 2.09. The van der Waals surface area contributed by atoms with E-state index in [-0.39, 0.29) is 29.6 Å². The quantitative estimate of drug-likeness (QED) is 0.470. The Morgan fingerprint density at radius 2 is 2.12 bits per heavy atom. The zero-order valence-electron chi connectivity index (χ0n) is 13.7. The smallest absolute Gasteiger partial charge is 0.317 e. The molecule has 0 amide bonds. The lowest BCUT2D eigenvalue weighted by molar-refractivity contribution is 0.180. The molecule has 132 valence electrons. The highest BCUT2D eigenvalue weighted by Crippen LogP contribution is 2.22. The van der Waals surface area contributed by atoms with E-state index in [2.05, 4.69) is 20.1 Å². The van der Waals surface area contributed by atoms with Gasteiger partial charge in [-0.2, -0.15) is 10.1 Å². The third kappa shape index (κ3) is 5.01. The normalized spacial score (nSPS) is 11.9. The first-order valence-corrected chi connectivity index (χ1v) is 7.24. The number of nitrogens with zero attached hydrogens (tertiary/aromatic N) is 4. The topological polar surface area (TPSA) is 95.0 Å². The summed E-state index contributed by atoms with van der Waals surface area (Å²) >= 11 is 0. The minimum atomic E-state index is -0.746. The molecule has 25 heavy (non-hydrogen) atoms. The fraction of sp³-hybridized carbons (Fsp3) is 0.250. The number of methoxy groups -OCH3 is 1. The number of ether oxygens (including phenoxy) is 2. The molecule has 2 N–H and O–H groups in total. The Morgan fingerprint density at radius 3 is 2.84 bits per heavy atom. The Kier molecular flexibility index (Phi) is 6.47. The van der Waals surface area contributed by atoms with Gasteiger partial charge in [0.1, 0.15) is 18.1 Å². The number of aliphatic imine (C=N–C) groups is 1. The summed E-state index contributed by atoms with van der Waals surface area (Å²) in [7, 11) is 1.55. The molecule has 0 unspecified atom stereocenters. The number of halogens is 2. The lowest BCUT2D eigenvalue weighted by Crippen LogP contribution is -2.16. The average Bonchev–Trinajstić information content (AvgIpc) is 2.62. The van der Waals surface area contributed by atoms with Crippen molar-refractivity contribution in [2.45, 2.75) is 13.5 Å². The highest BCUT2D eigenvalue weighted by molar-refractivity contribution is 6.31. The standard InChI is InChI=1S/C16H17F2N5O2/c1-10-13(17)3-4-14(15(10)18)21-7-12(23-19)9-25-16-20-6-5-11(22-16)8-24-2/h3-7H,8-9,19H2,1-2H3. The van der Waals surface area contributed by atoms with E-state index in [0.717, 1.165) is 6.07 Å². The summed E-state index contributed by atoms with van der Waals surface area (Å²) in [6.07, 6.45) is 2.76. The van der Waals surface area contributed by atoms with Crippen molar-refractivity contribution in [1.82, 2.24) is 9.97 Å². The lowest BCUT2D eigenvalue weighted by Gasteiger charge is -2.05. The fourth-order valence-electron chi connectivity index (χ4n) is 1.81. The summed E-state index contributed by atoms with van der Waals surface area (Å²) < 4.78 is 37.5. The molecule has 1 aromatic heterocycles. The molecule has 1 aromatic carbocycles. The minimum absolute atomic E-state index is 0.0293. The van der Waals surface area contributed by atoms with Crippen LogP contribution in [0.5, 0.6) is 6.01 Å². The highest BCUT2D eigenvalue weighted by atomic mass is 19.1. The summed E-state index contributed by atoms with van der Waals surface area (Å²) in [6.45, 7) is 1.58. The van der Waals surface area contributed by atoms with E-state index in [9.17, 15) is 8.78 Å². The van der Waals surface area contributed by atoms with Gasteiger partial charge in [0.05, 0.1) is 24.2 Å². The number of aromatic nitrogens is 2. The molecule has 1 heterocycles. The minimum Gasteiger partial charge on any atom is -0.457 e. The first kappa shape index (κ1) is 18.4. The number of nitrogens with two attached hydrogens (primary N) is 1. The average molecular weight is 349 g/mol. The van der Waals surface area contributed by atoms with Gasteiger partial charge in [0, 0.05) is 18.9 Å². The molecule has 0 aliphatic carbocycles. The number of hydrogen-bond donors (Lipinski definition) is 1. The molecule has 0 saturated heterocycles. The third-order valence-electron chi connectivity index (χ3n) is 3.15. The van der Waals surface area contributed by atoms with Gasteiger partial charge in [0.2, 0.25) is 0 Å². The van der Waals surface area contributed by atoms with Crippen LogP contribution in [0.4, 0.5) is 14.5 Å². The molecule has 0 radical (unpaired) electrons. The van der Waals surface area contributed by atoms with Crippen LogP contribution in [0, 0.1) is 18.6 Å². The molecule has 0 atom stereocenters. The largest absolute Gasteiger partial charge is 0.457 e. The molecule has 0 aliphatic rings. The van der Waals surface area contributed by atoms with Crippen molar-refractivity contribution in [3.63, 3.8) is 0 Å². The van der Waals surface area contributed by atoms with E-state index in [0.29, 0.717) is 12.3 Å². The molecule has 7 nitrogen and oxygen atoms in total. The summed E-state index contributed by atoms with van der Waals surface area (Å²) in [6, 6.07) is 4.17. The van der Waals surface area contributed by atoms with E-state index >= 15 is 0 Å². The van der Waals surface area contributed by atoms with Gasteiger partial charge in [-0.15, -0.1) is 0 Å². The number of hydrazone groups is 1. The summed E-state index contributed by atoms with van der Waals surface area (Å²) in [5.41, 5.74) is 0.734. The van der Waals surface area contributed by atoms with Crippen LogP contribution < -0.4 is 10.6 Å². The zero-order valence-corrected chi connectivity index (χ0v) is 13.7. The Morgan fingerprint density at radius 1 is 1.32 bits per heavy atom. The van der Waals surface area contributed by atoms with Gasteiger partial charge in [-0.25, -0.2) is 13.8 Å². The Hall–Kier alpha value is -2.94. The first-order valence-electron chi connectivity index (χ1n) is 7.24. The van der Waals surface area contributed by atoms with Gasteiger partial charge in [0.15, 0.2) is 5.82 Å². The molecule has 2 rings (SSSR count). The summed E-state index contributed by atoms with van der Waals surface area (Å²) in [4.78, 5) is 12.0. The van der Waals surface area contributed by atoms with Crippen molar-refractivity contribution in [2.24, 2.45) is 15.9 Å². The SMILES string of the molecule is COCc1ccnc(OCC(C=Nc2ccc(F)c(C)c2F)=NN)n1. The van der Waals surface area contributed by atoms with Gasteiger partial charge in [-0.3, -0.25) is 4.99 Å². The van der Waals surface area contributed by atoms with Crippen molar-refractivity contribution in [3.8, 4) is 6.01 Å². The Balaban J connectivity index is 2.04. The van der Waals surface area contributed by atoms with Crippen LogP contribution in [-0.4, -0.2) is 35.6 Å². The predicted octanol–water partition coefficient (Wildman–Crippen LogP) is 2.31. The van der Waals surface area contributed by atoms with Crippen LogP contribution in [0.2, 0.25) is 0 Å². The maximum atomic E-state index is 13.9. The molecule has 0 aliphatic heterocycles. The van der Waals surface area contributed by atoms with Crippen molar-refractivity contribution >= 4 is 17.6 Å². The number of benzene rings is 1. The van der Waals surface area contributed by atoms with Crippen LogP contribution in [-0.2, 0) is 11.3 Å². The van der Waals surface area contributed by atoms with Gasteiger partial charge >= 0.3 is 6.01 Å². The van der Waals surface area contributed by atoms with Crippen molar-refractivity contribution in [1.29, 1.82) is 0 Å². The van der Waals surface area contributed by atoms with Gasteiger partial charge in [0.25, 0.3) is 0 Å². The zero-order chi connectivity index (χ0) is 18.2. The van der Waals surface area contributed by atoms with Crippen LogP contribution in [0.3, 0.4) is 0 Å². The van der Waals surface area contributed by atoms with E-state index in [4.69, 9.17) is 15.3 Å². The summed E-state index contributed by atoms with van der Waals surface area (Å²) in [5.74, 6) is 3.89. The van der Waals surface area contributed by atoms with Crippen LogP contribution in [0.25, 0.3) is 0 Å². The van der Waals surface area contributed by atoms with E-state index in [1.54, 1.807) is 13.2 Å². The molecule has 0 spiro atoms. The van der Waals surface area contributed by atoms with E-state index < -0.39 is 11.6 Å². The molecule has 9 heteroatoms. The van der Waals surface area contributed by atoms with Crippen molar-refractivity contribution in [2.75, 3.05) is 13.7 Å². The predicted molar refractivity (Wildman–Crippen MR) is 89.1 cm³/mol. The maximum Gasteiger partial charge on any atom is 0.317 e. The second-order valence-electron chi connectivity index (χ2n) is 4.94. The molecule has 2 aromatic rings. The maximum absolute atomic E-state index is 13.9. The molecular formula is C16H17F2N5O2. The molecular weight excluding hydrogens is 332 g/mol. The Labute approximate surface area is 143 Å². The fourth-order valence-corrected chi connectivity index (χ4v) is 1.81. The second-order valence-corrected chi connectivity index (χ2v) is 4.94. The summed E-state index contributed by atoms with van der Waals surface area (Å²) in [5, 5.41) is 3.51. The number of hydrogen-bond acceptors (Lipinski definition) is 7. The lowest BCUT2D eigenvalue weighted by atomic mass is 10.2. The van der Waals surface area contributed by atoms with E-state index in [1.165, 1.54) is 25.4 Å². The molecule has 0 saturated carbocycles. The third-order valence-corrected chi connectivity index (χ3v) is 3.15. The molecule has 0 bridgehead atoms. The van der Waals surface area contributed by atoms with Crippen molar-refractivity contribution < 1.29 is 18.3 Å². The Bertz CT molecular complexity index is 796. The van der Waals surface area contributed by atoms with Gasteiger partial charge < -0.3 is 15.3 Å².